The first-order valence-electron chi connectivity index (χ1n) is 6.47. The third-order valence-electron chi connectivity index (χ3n) is 4.81. The quantitative estimate of drug-likeness (QED) is 0.651. The molecule has 0 aromatic heterocycles. The Kier molecular flexibility index (Phi) is 2.53. The lowest BCUT2D eigenvalue weighted by molar-refractivity contribution is -0.0951. The summed E-state index contributed by atoms with van der Waals surface area (Å²) in [5.74, 6) is 1.14. The van der Waals surface area contributed by atoms with Gasteiger partial charge in [0.25, 0.3) is 0 Å². The van der Waals surface area contributed by atoms with E-state index < -0.39 is 6.29 Å². The predicted molar refractivity (Wildman–Crippen MR) is 67.2 cm³/mol. The molecule has 2 saturated carbocycles. The highest BCUT2D eigenvalue weighted by molar-refractivity contribution is 5.27. The second kappa shape index (κ2) is 3.82. The molecule has 3 aliphatic rings. The van der Waals surface area contributed by atoms with E-state index in [1.54, 1.807) is 0 Å². The largest absolute Gasteiger partial charge is 0.364 e. The lowest BCUT2D eigenvalue weighted by Gasteiger charge is -2.26. The monoisotopic (exact) mass is 232 g/mol. The Labute approximate surface area is 103 Å². The summed E-state index contributed by atoms with van der Waals surface area (Å²) in [5.41, 5.74) is 3.46. The number of fused-ring (bicyclic) bond motifs is 3. The first-order valence-corrected chi connectivity index (χ1v) is 6.47. The molecule has 2 aliphatic carbocycles. The van der Waals surface area contributed by atoms with Gasteiger partial charge < -0.3 is 9.84 Å². The number of ether oxygens (including phenoxy) is 1. The molecule has 0 radical (unpaired) electrons. The Morgan fingerprint density at radius 2 is 1.65 bits per heavy atom. The first kappa shape index (κ1) is 11.2. The molecule has 92 valence electrons. The van der Waals surface area contributed by atoms with E-state index in [2.05, 4.69) is 19.7 Å². The number of hydrogen-bond acceptors (Lipinski definition) is 2. The molecule has 3 fully saturated rings. The summed E-state index contributed by atoms with van der Waals surface area (Å²) in [6.07, 6.45) is 3.58. The molecule has 0 spiro atoms. The van der Waals surface area contributed by atoms with Crippen molar-refractivity contribution in [2.75, 3.05) is 0 Å². The van der Waals surface area contributed by atoms with E-state index in [0.29, 0.717) is 11.8 Å². The third-order valence-corrected chi connectivity index (χ3v) is 4.81. The second-order valence-corrected chi connectivity index (χ2v) is 5.66. The fourth-order valence-electron chi connectivity index (χ4n) is 3.83. The van der Waals surface area contributed by atoms with E-state index in [4.69, 9.17) is 4.74 Å². The van der Waals surface area contributed by atoms with Gasteiger partial charge in [0.05, 0.1) is 6.10 Å². The van der Waals surface area contributed by atoms with Gasteiger partial charge in [-0.2, -0.15) is 0 Å². The van der Waals surface area contributed by atoms with Crippen molar-refractivity contribution in [1.82, 2.24) is 0 Å². The van der Waals surface area contributed by atoms with Crippen molar-refractivity contribution >= 4 is 0 Å². The van der Waals surface area contributed by atoms with Gasteiger partial charge >= 0.3 is 0 Å². The van der Waals surface area contributed by atoms with Crippen molar-refractivity contribution in [3.63, 3.8) is 0 Å². The van der Waals surface area contributed by atoms with Crippen LogP contribution in [0.2, 0.25) is 0 Å². The maximum atomic E-state index is 9.82. The zero-order chi connectivity index (χ0) is 12.2. The van der Waals surface area contributed by atoms with Crippen molar-refractivity contribution in [3.8, 4) is 0 Å². The molecular formula is C15H20O2. The van der Waals surface area contributed by atoms with E-state index in [1.165, 1.54) is 11.1 Å². The second-order valence-electron chi connectivity index (χ2n) is 5.66. The summed E-state index contributed by atoms with van der Waals surface area (Å²) in [6, 6.07) is 0. The lowest BCUT2D eigenvalue weighted by atomic mass is 9.82. The van der Waals surface area contributed by atoms with E-state index >= 15 is 0 Å². The van der Waals surface area contributed by atoms with Gasteiger partial charge in [0.2, 0.25) is 0 Å². The van der Waals surface area contributed by atoms with Crippen molar-refractivity contribution in [3.05, 3.63) is 36.5 Å². The number of aliphatic hydroxyl groups excluding tert-OH is 1. The van der Waals surface area contributed by atoms with Crippen LogP contribution in [-0.4, -0.2) is 17.5 Å². The van der Waals surface area contributed by atoms with E-state index in [9.17, 15) is 5.11 Å². The van der Waals surface area contributed by atoms with Gasteiger partial charge in [0.1, 0.15) is 0 Å². The molecule has 0 amide bonds. The smallest absolute Gasteiger partial charge is 0.177 e. The van der Waals surface area contributed by atoms with Gasteiger partial charge in [-0.3, -0.25) is 0 Å². The number of hydrogen-bond donors (Lipinski definition) is 1. The van der Waals surface area contributed by atoms with Crippen LogP contribution in [0.15, 0.2) is 36.5 Å². The van der Waals surface area contributed by atoms with Crippen molar-refractivity contribution in [2.24, 2.45) is 17.8 Å². The number of rotatable bonds is 0. The summed E-state index contributed by atoms with van der Waals surface area (Å²) in [6.45, 7) is 12.4. The first-order chi connectivity index (χ1) is 8.09. The van der Waals surface area contributed by atoms with Crippen LogP contribution in [-0.2, 0) is 4.74 Å². The van der Waals surface area contributed by atoms with Crippen LogP contribution >= 0.6 is 0 Å². The Morgan fingerprint density at radius 1 is 1.00 bits per heavy atom. The molecule has 5 atom stereocenters. The van der Waals surface area contributed by atoms with Crippen LogP contribution in [0.5, 0.6) is 0 Å². The number of aliphatic hydroxyl groups is 1. The third kappa shape index (κ3) is 1.54. The molecule has 0 bridgehead atoms. The SMILES string of the molecule is C=C1CC[C@H]2C(=C)CC[C@H]3C(=C)[C@H](O)O[C@@H]3[C@@H]12. The lowest BCUT2D eigenvalue weighted by Crippen LogP contribution is -2.28. The molecule has 3 rings (SSSR count). The van der Waals surface area contributed by atoms with E-state index in [-0.39, 0.29) is 12.0 Å². The molecule has 1 aliphatic heterocycles. The van der Waals surface area contributed by atoms with Crippen molar-refractivity contribution < 1.29 is 9.84 Å². The minimum absolute atomic E-state index is 0.0803. The maximum Gasteiger partial charge on any atom is 0.177 e. The maximum absolute atomic E-state index is 9.82. The zero-order valence-corrected chi connectivity index (χ0v) is 10.2. The summed E-state index contributed by atoms with van der Waals surface area (Å²) in [4.78, 5) is 0. The molecular weight excluding hydrogens is 212 g/mol. The Morgan fingerprint density at radius 3 is 2.41 bits per heavy atom. The van der Waals surface area contributed by atoms with Gasteiger partial charge in [-0.1, -0.05) is 30.9 Å². The Hall–Kier alpha value is -0.860. The molecule has 1 heterocycles. The zero-order valence-electron chi connectivity index (χ0n) is 10.2. The van der Waals surface area contributed by atoms with Crippen LogP contribution in [0.1, 0.15) is 25.7 Å². The van der Waals surface area contributed by atoms with Crippen LogP contribution in [0, 0.1) is 17.8 Å². The molecule has 1 saturated heterocycles. The molecule has 2 nitrogen and oxygen atoms in total. The summed E-state index contributed by atoms with van der Waals surface area (Å²) < 4.78 is 5.74. The normalized spacial score (nSPS) is 45.7. The highest BCUT2D eigenvalue weighted by Crippen LogP contribution is 2.52. The predicted octanol–water partition coefficient (Wildman–Crippen LogP) is 2.81. The molecule has 0 unspecified atom stereocenters. The average Bonchev–Trinajstić information content (AvgIpc) is 2.75. The van der Waals surface area contributed by atoms with Gasteiger partial charge in [0, 0.05) is 11.8 Å². The van der Waals surface area contributed by atoms with Gasteiger partial charge in [-0.25, -0.2) is 0 Å². The minimum atomic E-state index is -0.773. The van der Waals surface area contributed by atoms with Crippen LogP contribution < -0.4 is 0 Å². The topological polar surface area (TPSA) is 29.5 Å². The summed E-state index contributed by atoms with van der Waals surface area (Å²) in [5, 5.41) is 9.82. The summed E-state index contributed by atoms with van der Waals surface area (Å²) >= 11 is 0. The van der Waals surface area contributed by atoms with E-state index in [0.717, 1.165) is 31.3 Å². The van der Waals surface area contributed by atoms with Crippen LogP contribution in [0.4, 0.5) is 0 Å². The van der Waals surface area contributed by atoms with Gasteiger partial charge in [-0.15, -0.1) is 0 Å². The molecule has 0 aromatic carbocycles. The average molecular weight is 232 g/mol. The Bertz CT molecular complexity index is 396. The fraction of sp³-hybridized carbons (Fsp3) is 0.600. The standard InChI is InChI=1S/C15H20O2/c1-8-4-7-12-10(3)15(16)17-14(12)13-9(2)5-6-11(8)13/h11-16H,1-7H2/t11-,12-,13-,14-,15+/m0/s1. The van der Waals surface area contributed by atoms with Crippen LogP contribution in [0.25, 0.3) is 0 Å². The van der Waals surface area contributed by atoms with Crippen molar-refractivity contribution in [2.45, 2.75) is 38.1 Å². The van der Waals surface area contributed by atoms with Crippen LogP contribution in [0.3, 0.4) is 0 Å². The summed E-state index contributed by atoms with van der Waals surface area (Å²) in [7, 11) is 0. The molecule has 1 N–H and O–H groups in total. The highest BCUT2D eigenvalue weighted by Gasteiger charge is 2.49. The minimum Gasteiger partial charge on any atom is -0.364 e. The van der Waals surface area contributed by atoms with Crippen molar-refractivity contribution in [1.29, 1.82) is 0 Å². The van der Waals surface area contributed by atoms with Gasteiger partial charge in [-0.05, 0) is 37.2 Å². The van der Waals surface area contributed by atoms with E-state index in [1.807, 2.05) is 0 Å². The molecule has 17 heavy (non-hydrogen) atoms. The highest BCUT2D eigenvalue weighted by atomic mass is 16.6. The number of allylic oxidation sites excluding steroid dienone is 1. The molecule has 0 aromatic rings. The Balaban J connectivity index is 1.97. The molecule has 2 heteroatoms. The van der Waals surface area contributed by atoms with Gasteiger partial charge in [0.15, 0.2) is 6.29 Å². The fourth-order valence-corrected chi connectivity index (χ4v) is 3.83.